The van der Waals surface area contributed by atoms with Gasteiger partial charge in [-0.2, -0.15) is 0 Å². The highest BCUT2D eigenvalue weighted by atomic mass is 16.3. The van der Waals surface area contributed by atoms with E-state index in [1.165, 1.54) is 0 Å². The van der Waals surface area contributed by atoms with Crippen LogP contribution in [-0.4, -0.2) is 58.5 Å². The molecule has 0 radical (unpaired) electrons. The molecule has 1 aromatic rings. The van der Waals surface area contributed by atoms with Gasteiger partial charge in [-0.25, -0.2) is 4.79 Å². The summed E-state index contributed by atoms with van der Waals surface area (Å²) in [6.45, 7) is 6.02. The Hall–Kier alpha value is -2.41. The first-order valence-electron chi connectivity index (χ1n) is 8.89. The standard InChI is InChI=1S/C19H25N3O4/c1-12-4-6-15(7-5-12)19(3)17(25)22(18(26)20-19)11-16(24)21-9-8-14(10-21)13(2)23/h4-7,13-14,23H,8-11H2,1-3H3,(H,20,26)/t13-,14-,19+/m1/s1. The van der Waals surface area contributed by atoms with Crippen LogP contribution < -0.4 is 5.32 Å². The quantitative estimate of drug-likeness (QED) is 0.785. The molecule has 2 aliphatic heterocycles. The van der Waals surface area contributed by atoms with Gasteiger partial charge in [-0.15, -0.1) is 0 Å². The van der Waals surface area contributed by atoms with Crippen molar-refractivity contribution in [2.45, 2.75) is 38.8 Å². The summed E-state index contributed by atoms with van der Waals surface area (Å²) in [4.78, 5) is 40.3. The average Bonchev–Trinajstić information content (AvgIpc) is 3.16. The summed E-state index contributed by atoms with van der Waals surface area (Å²) in [5.74, 6) is -0.657. The van der Waals surface area contributed by atoms with Gasteiger partial charge in [0.1, 0.15) is 12.1 Å². The summed E-state index contributed by atoms with van der Waals surface area (Å²) in [7, 11) is 0. The van der Waals surface area contributed by atoms with Crippen molar-refractivity contribution in [2.24, 2.45) is 5.92 Å². The maximum Gasteiger partial charge on any atom is 0.325 e. The van der Waals surface area contributed by atoms with Crippen LogP contribution >= 0.6 is 0 Å². The fraction of sp³-hybridized carbons (Fsp3) is 0.526. The number of hydrogen-bond acceptors (Lipinski definition) is 4. The highest BCUT2D eigenvalue weighted by Gasteiger charge is 2.49. The number of aliphatic hydroxyl groups is 1. The van der Waals surface area contributed by atoms with Crippen LogP contribution in [0.5, 0.6) is 0 Å². The second-order valence-corrected chi connectivity index (χ2v) is 7.44. The molecule has 0 saturated carbocycles. The van der Waals surface area contributed by atoms with Crippen LogP contribution in [0.3, 0.4) is 0 Å². The SMILES string of the molecule is Cc1ccc([C@]2(C)NC(=O)N(CC(=O)N3CC[C@@H]([C@@H](C)O)C3)C2=O)cc1. The molecular formula is C19H25N3O4. The summed E-state index contributed by atoms with van der Waals surface area (Å²) < 4.78 is 0. The summed E-state index contributed by atoms with van der Waals surface area (Å²) in [6, 6.07) is 6.83. The number of nitrogens with zero attached hydrogens (tertiary/aromatic N) is 2. The number of likely N-dealkylation sites (tertiary alicyclic amines) is 1. The molecule has 0 bridgehead atoms. The zero-order valence-electron chi connectivity index (χ0n) is 15.4. The monoisotopic (exact) mass is 359 g/mol. The predicted molar refractivity (Wildman–Crippen MR) is 95.1 cm³/mol. The van der Waals surface area contributed by atoms with Gasteiger partial charge in [0, 0.05) is 19.0 Å². The fourth-order valence-corrected chi connectivity index (χ4v) is 3.57. The lowest BCUT2D eigenvalue weighted by molar-refractivity contribution is -0.138. The van der Waals surface area contributed by atoms with Crippen molar-refractivity contribution in [2.75, 3.05) is 19.6 Å². The minimum atomic E-state index is -1.17. The molecule has 7 nitrogen and oxygen atoms in total. The van der Waals surface area contributed by atoms with Crippen molar-refractivity contribution < 1.29 is 19.5 Å². The van der Waals surface area contributed by atoms with Gasteiger partial charge < -0.3 is 15.3 Å². The predicted octanol–water partition coefficient (Wildman–Crippen LogP) is 0.991. The van der Waals surface area contributed by atoms with Crippen molar-refractivity contribution in [1.29, 1.82) is 0 Å². The van der Waals surface area contributed by atoms with Gasteiger partial charge in [0.25, 0.3) is 5.91 Å². The average molecular weight is 359 g/mol. The molecule has 0 spiro atoms. The number of carbonyl (C=O) groups excluding carboxylic acids is 3. The van der Waals surface area contributed by atoms with Gasteiger partial charge in [0.05, 0.1) is 6.10 Å². The third kappa shape index (κ3) is 3.19. The molecule has 0 unspecified atom stereocenters. The molecule has 2 heterocycles. The van der Waals surface area contributed by atoms with Crippen LogP contribution in [0.2, 0.25) is 0 Å². The lowest BCUT2D eigenvalue weighted by Gasteiger charge is -2.23. The van der Waals surface area contributed by atoms with E-state index < -0.39 is 23.6 Å². The Morgan fingerprint density at radius 3 is 2.58 bits per heavy atom. The number of rotatable bonds is 4. The second kappa shape index (κ2) is 6.72. The van der Waals surface area contributed by atoms with E-state index in [1.54, 1.807) is 18.7 Å². The molecule has 2 fully saturated rings. The first-order valence-corrected chi connectivity index (χ1v) is 8.89. The topological polar surface area (TPSA) is 90.0 Å². The maximum atomic E-state index is 12.9. The van der Waals surface area contributed by atoms with Gasteiger partial charge in [-0.05, 0) is 32.8 Å². The molecule has 1 aromatic carbocycles. The lowest BCUT2D eigenvalue weighted by Crippen LogP contribution is -2.44. The molecule has 0 aliphatic carbocycles. The van der Waals surface area contributed by atoms with Gasteiger partial charge in [0.2, 0.25) is 5.91 Å². The minimum Gasteiger partial charge on any atom is -0.393 e. The summed E-state index contributed by atoms with van der Waals surface area (Å²) in [6.07, 6.45) is 0.249. The first kappa shape index (κ1) is 18.4. The number of amides is 4. The van der Waals surface area contributed by atoms with Crippen LogP contribution in [0.25, 0.3) is 0 Å². The largest absolute Gasteiger partial charge is 0.393 e. The number of aliphatic hydroxyl groups excluding tert-OH is 1. The van der Waals surface area contributed by atoms with Gasteiger partial charge in [0.15, 0.2) is 0 Å². The number of nitrogens with one attached hydrogen (secondary N) is 1. The second-order valence-electron chi connectivity index (χ2n) is 7.44. The molecule has 3 rings (SSSR count). The Balaban J connectivity index is 1.71. The number of urea groups is 1. The molecule has 4 amide bonds. The Morgan fingerprint density at radius 2 is 2.00 bits per heavy atom. The molecule has 140 valence electrons. The summed E-state index contributed by atoms with van der Waals surface area (Å²) in [5.41, 5.74) is 0.577. The highest BCUT2D eigenvalue weighted by Crippen LogP contribution is 2.29. The lowest BCUT2D eigenvalue weighted by atomic mass is 9.91. The van der Waals surface area contributed by atoms with E-state index in [0.717, 1.165) is 16.9 Å². The zero-order valence-corrected chi connectivity index (χ0v) is 15.4. The van der Waals surface area contributed by atoms with E-state index in [4.69, 9.17) is 0 Å². The van der Waals surface area contributed by atoms with E-state index in [0.29, 0.717) is 18.7 Å². The summed E-state index contributed by atoms with van der Waals surface area (Å²) in [5, 5.41) is 12.4. The Kier molecular flexibility index (Phi) is 4.75. The number of imide groups is 1. The normalized spacial score (nSPS) is 27.0. The molecular weight excluding hydrogens is 334 g/mol. The minimum absolute atomic E-state index is 0.0416. The molecule has 2 N–H and O–H groups in total. The summed E-state index contributed by atoms with van der Waals surface area (Å²) >= 11 is 0. The number of carbonyl (C=O) groups is 3. The Morgan fingerprint density at radius 1 is 1.35 bits per heavy atom. The van der Waals surface area contributed by atoms with Crippen molar-refractivity contribution in [3.8, 4) is 0 Å². The van der Waals surface area contributed by atoms with Gasteiger partial charge in [-0.1, -0.05) is 29.8 Å². The Labute approximate surface area is 153 Å². The Bertz CT molecular complexity index is 731. The van der Waals surface area contributed by atoms with Crippen molar-refractivity contribution in [1.82, 2.24) is 15.1 Å². The third-order valence-corrected chi connectivity index (χ3v) is 5.46. The number of benzene rings is 1. The maximum absolute atomic E-state index is 12.9. The molecule has 0 aromatic heterocycles. The van der Waals surface area contributed by atoms with Crippen LogP contribution in [-0.2, 0) is 15.1 Å². The van der Waals surface area contributed by atoms with Gasteiger partial charge >= 0.3 is 6.03 Å². The van der Waals surface area contributed by atoms with Crippen molar-refractivity contribution in [3.05, 3.63) is 35.4 Å². The first-order chi connectivity index (χ1) is 12.2. The van der Waals surface area contributed by atoms with Crippen molar-refractivity contribution in [3.63, 3.8) is 0 Å². The van der Waals surface area contributed by atoms with Crippen LogP contribution in [0.4, 0.5) is 4.79 Å². The highest BCUT2D eigenvalue weighted by molar-refractivity contribution is 6.09. The van der Waals surface area contributed by atoms with E-state index in [1.807, 2.05) is 31.2 Å². The van der Waals surface area contributed by atoms with E-state index in [-0.39, 0.29) is 18.4 Å². The van der Waals surface area contributed by atoms with Crippen molar-refractivity contribution >= 4 is 17.8 Å². The number of aryl methyl sites for hydroxylation is 1. The molecule has 2 aliphatic rings. The molecule has 26 heavy (non-hydrogen) atoms. The number of hydrogen-bond donors (Lipinski definition) is 2. The fourth-order valence-electron chi connectivity index (χ4n) is 3.57. The van der Waals surface area contributed by atoms with Crippen LogP contribution in [0.15, 0.2) is 24.3 Å². The molecule has 2 saturated heterocycles. The van der Waals surface area contributed by atoms with Crippen LogP contribution in [0.1, 0.15) is 31.4 Å². The van der Waals surface area contributed by atoms with E-state index in [2.05, 4.69) is 5.32 Å². The van der Waals surface area contributed by atoms with E-state index in [9.17, 15) is 19.5 Å². The molecule has 3 atom stereocenters. The zero-order chi connectivity index (χ0) is 19.1. The van der Waals surface area contributed by atoms with Crippen LogP contribution in [0, 0.1) is 12.8 Å². The molecule has 7 heteroatoms. The third-order valence-electron chi connectivity index (χ3n) is 5.46. The van der Waals surface area contributed by atoms with E-state index >= 15 is 0 Å². The van der Waals surface area contributed by atoms with Gasteiger partial charge in [-0.3, -0.25) is 14.5 Å². The smallest absolute Gasteiger partial charge is 0.325 e.